The Bertz CT molecular complexity index is 1100. The highest BCUT2D eigenvalue weighted by Crippen LogP contribution is 2.32. The SMILES string of the molecule is CCn1cc(C(=O)O)c(=O)c2cc(F)c(-c3cc(C)nc(C)c3)c(F)c21. The molecule has 0 aliphatic heterocycles. The molecule has 1 aromatic carbocycles. The van der Waals surface area contributed by atoms with Gasteiger partial charge in [0.2, 0.25) is 5.43 Å². The van der Waals surface area contributed by atoms with Gasteiger partial charge < -0.3 is 9.67 Å². The molecule has 3 aromatic rings. The molecule has 0 amide bonds. The van der Waals surface area contributed by atoms with Crippen molar-refractivity contribution in [2.45, 2.75) is 27.3 Å². The van der Waals surface area contributed by atoms with E-state index < -0.39 is 28.6 Å². The zero-order valence-electron chi connectivity index (χ0n) is 14.4. The number of pyridine rings is 2. The molecule has 3 rings (SSSR count). The maximum Gasteiger partial charge on any atom is 0.341 e. The molecule has 0 fully saturated rings. The molecule has 0 aliphatic carbocycles. The van der Waals surface area contributed by atoms with Crippen molar-refractivity contribution in [3.8, 4) is 11.1 Å². The molecule has 5 nitrogen and oxygen atoms in total. The topological polar surface area (TPSA) is 72.2 Å². The molecule has 1 N–H and O–H groups in total. The zero-order valence-corrected chi connectivity index (χ0v) is 14.4. The average molecular weight is 358 g/mol. The van der Waals surface area contributed by atoms with Crippen molar-refractivity contribution in [3.05, 3.63) is 63.2 Å². The monoisotopic (exact) mass is 358 g/mol. The van der Waals surface area contributed by atoms with Crippen LogP contribution in [0.3, 0.4) is 0 Å². The molecule has 0 spiro atoms. The van der Waals surface area contributed by atoms with E-state index in [0.717, 1.165) is 12.3 Å². The van der Waals surface area contributed by atoms with Crippen molar-refractivity contribution >= 4 is 16.9 Å². The Morgan fingerprint density at radius 3 is 2.35 bits per heavy atom. The fourth-order valence-electron chi connectivity index (χ4n) is 3.13. The highest BCUT2D eigenvalue weighted by molar-refractivity contribution is 5.94. The van der Waals surface area contributed by atoms with E-state index in [4.69, 9.17) is 5.11 Å². The summed E-state index contributed by atoms with van der Waals surface area (Å²) < 4.78 is 31.3. The number of nitrogens with zero attached hydrogens (tertiary/aromatic N) is 2. The Morgan fingerprint density at radius 1 is 1.19 bits per heavy atom. The van der Waals surface area contributed by atoms with Gasteiger partial charge in [-0.25, -0.2) is 13.6 Å². The second kappa shape index (κ2) is 6.33. The summed E-state index contributed by atoms with van der Waals surface area (Å²) in [6.07, 6.45) is 1.08. The number of carbonyl (C=O) groups is 1. The summed E-state index contributed by atoms with van der Waals surface area (Å²) in [4.78, 5) is 27.8. The highest BCUT2D eigenvalue weighted by Gasteiger charge is 2.22. The van der Waals surface area contributed by atoms with Crippen molar-refractivity contribution in [3.63, 3.8) is 0 Å². The molecule has 26 heavy (non-hydrogen) atoms. The lowest BCUT2D eigenvalue weighted by Gasteiger charge is -2.15. The summed E-state index contributed by atoms with van der Waals surface area (Å²) in [7, 11) is 0. The fourth-order valence-corrected chi connectivity index (χ4v) is 3.13. The van der Waals surface area contributed by atoms with Crippen molar-refractivity contribution in [2.75, 3.05) is 0 Å². The molecule has 7 heteroatoms. The van der Waals surface area contributed by atoms with Crippen LogP contribution in [0.15, 0.2) is 29.2 Å². The van der Waals surface area contributed by atoms with E-state index in [1.54, 1.807) is 32.9 Å². The molecule has 2 heterocycles. The lowest BCUT2D eigenvalue weighted by molar-refractivity contribution is 0.0695. The number of benzene rings is 1. The summed E-state index contributed by atoms with van der Waals surface area (Å²) in [5.74, 6) is -3.27. The standard InChI is InChI=1S/C19H16F2N2O3/c1-4-23-8-13(19(25)26)18(24)12-7-14(20)15(16(21)17(12)23)11-5-9(2)22-10(3)6-11/h5-8H,4H2,1-3H3,(H,25,26). The number of aromatic carboxylic acids is 1. The van der Waals surface area contributed by atoms with Crippen LogP contribution in [0.25, 0.3) is 22.0 Å². The van der Waals surface area contributed by atoms with Crippen LogP contribution >= 0.6 is 0 Å². The van der Waals surface area contributed by atoms with Gasteiger partial charge in [0.1, 0.15) is 11.4 Å². The Morgan fingerprint density at radius 2 is 1.81 bits per heavy atom. The van der Waals surface area contributed by atoms with Crippen LogP contribution in [-0.4, -0.2) is 20.6 Å². The molecule has 0 saturated carbocycles. The van der Waals surface area contributed by atoms with E-state index in [-0.39, 0.29) is 23.0 Å². The van der Waals surface area contributed by atoms with E-state index in [2.05, 4.69) is 4.98 Å². The van der Waals surface area contributed by atoms with Crippen LogP contribution in [0.2, 0.25) is 0 Å². The Hall–Kier alpha value is -3.09. The quantitative estimate of drug-likeness (QED) is 0.775. The van der Waals surface area contributed by atoms with Gasteiger partial charge in [0, 0.05) is 24.1 Å². The van der Waals surface area contributed by atoms with Gasteiger partial charge in [-0.3, -0.25) is 9.78 Å². The minimum absolute atomic E-state index is 0.119. The van der Waals surface area contributed by atoms with E-state index >= 15 is 4.39 Å². The Kier molecular flexibility index (Phi) is 4.31. The Labute approximate surface area is 147 Å². The van der Waals surface area contributed by atoms with Crippen molar-refractivity contribution < 1.29 is 18.7 Å². The van der Waals surface area contributed by atoms with Crippen molar-refractivity contribution in [2.24, 2.45) is 0 Å². The summed E-state index contributed by atoms with van der Waals surface area (Å²) in [6.45, 7) is 5.33. The number of aryl methyl sites for hydroxylation is 3. The van der Waals surface area contributed by atoms with E-state index in [1.807, 2.05) is 0 Å². The second-order valence-electron chi connectivity index (χ2n) is 6.05. The number of carboxylic acids is 1. The fraction of sp³-hybridized carbons (Fsp3) is 0.211. The van der Waals surface area contributed by atoms with Gasteiger partial charge in [0.15, 0.2) is 5.82 Å². The van der Waals surface area contributed by atoms with Crippen LogP contribution in [0.4, 0.5) is 8.78 Å². The van der Waals surface area contributed by atoms with Crippen LogP contribution < -0.4 is 5.43 Å². The van der Waals surface area contributed by atoms with Crippen LogP contribution in [-0.2, 0) is 6.54 Å². The Balaban J connectivity index is 2.47. The lowest BCUT2D eigenvalue weighted by Crippen LogP contribution is -2.20. The molecular formula is C19H16F2N2O3. The third-order valence-corrected chi connectivity index (χ3v) is 4.20. The number of hydrogen-bond acceptors (Lipinski definition) is 3. The first-order chi connectivity index (χ1) is 12.2. The number of aromatic nitrogens is 2. The molecule has 0 aliphatic rings. The normalized spacial score (nSPS) is 11.1. The number of halogens is 2. The van der Waals surface area contributed by atoms with Gasteiger partial charge in [-0.15, -0.1) is 0 Å². The van der Waals surface area contributed by atoms with Gasteiger partial charge in [0.25, 0.3) is 0 Å². The lowest BCUT2D eigenvalue weighted by atomic mass is 10.00. The molecule has 0 bridgehead atoms. The number of carboxylic acid groups (broad SMARTS) is 1. The maximum absolute atomic E-state index is 15.3. The van der Waals surface area contributed by atoms with E-state index in [1.165, 1.54) is 4.57 Å². The van der Waals surface area contributed by atoms with Crippen molar-refractivity contribution in [1.29, 1.82) is 0 Å². The van der Waals surface area contributed by atoms with E-state index in [0.29, 0.717) is 17.0 Å². The summed E-state index contributed by atoms with van der Waals surface area (Å²) in [5.41, 5.74) is -0.308. The second-order valence-corrected chi connectivity index (χ2v) is 6.05. The van der Waals surface area contributed by atoms with Crippen molar-refractivity contribution in [1.82, 2.24) is 9.55 Å². The first-order valence-corrected chi connectivity index (χ1v) is 7.98. The zero-order chi connectivity index (χ0) is 19.2. The first-order valence-electron chi connectivity index (χ1n) is 7.98. The highest BCUT2D eigenvalue weighted by atomic mass is 19.1. The first kappa shape index (κ1) is 17.7. The molecule has 2 aromatic heterocycles. The number of fused-ring (bicyclic) bond motifs is 1. The average Bonchev–Trinajstić information content (AvgIpc) is 2.54. The summed E-state index contributed by atoms with van der Waals surface area (Å²) in [5, 5.41) is 8.87. The van der Waals surface area contributed by atoms with E-state index in [9.17, 15) is 14.0 Å². The molecule has 0 atom stereocenters. The third-order valence-electron chi connectivity index (χ3n) is 4.20. The van der Waals surface area contributed by atoms with Gasteiger partial charge in [-0.05, 0) is 44.5 Å². The summed E-state index contributed by atoms with van der Waals surface area (Å²) in [6, 6.07) is 4.01. The molecule has 0 radical (unpaired) electrons. The predicted molar refractivity (Wildman–Crippen MR) is 93.5 cm³/mol. The van der Waals surface area contributed by atoms with Crippen LogP contribution in [0.5, 0.6) is 0 Å². The molecule has 0 saturated heterocycles. The largest absolute Gasteiger partial charge is 0.477 e. The third kappa shape index (κ3) is 2.75. The summed E-state index contributed by atoms with van der Waals surface area (Å²) >= 11 is 0. The van der Waals surface area contributed by atoms with Crippen LogP contribution in [0.1, 0.15) is 28.7 Å². The molecule has 0 unspecified atom stereocenters. The minimum Gasteiger partial charge on any atom is -0.477 e. The minimum atomic E-state index is -1.44. The van der Waals surface area contributed by atoms with Gasteiger partial charge in [0.05, 0.1) is 16.5 Å². The van der Waals surface area contributed by atoms with Gasteiger partial charge in [-0.1, -0.05) is 0 Å². The maximum atomic E-state index is 15.3. The predicted octanol–water partition coefficient (Wildman–Crippen LogP) is 3.68. The van der Waals surface area contributed by atoms with Gasteiger partial charge >= 0.3 is 5.97 Å². The number of hydrogen-bond donors (Lipinski definition) is 1. The van der Waals surface area contributed by atoms with Crippen LogP contribution in [0, 0.1) is 25.5 Å². The van der Waals surface area contributed by atoms with Gasteiger partial charge in [-0.2, -0.15) is 0 Å². The smallest absolute Gasteiger partial charge is 0.341 e. The molecule has 134 valence electrons. The molecular weight excluding hydrogens is 342 g/mol. The number of rotatable bonds is 3.